The van der Waals surface area contributed by atoms with E-state index in [0.717, 1.165) is 50.2 Å². The minimum Gasteiger partial charge on any atom is -0.456 e. The Morgan fingerprint density at radius 1 is 0.301 bits per heavy atom. The molecule has 0 radical (unpaired) electrons. The number of fused-ring (bicyclic) bond motifs is 2. The van der Waals surface area contributed by atoms with E-state index in [1.54, 1.807) is 0 Å². The summed E-state index contributed by atoms with van der Waals surface area (Å²) in [5.41, 5.74) is 10.8. The van der Waals surface area contributed by atoms with Crippen LogP contribution in [0.15, 0.2) is 158 Å². The van der Waals surface area contributed by atoms with E-state index in [1.807, 2.05) is 140 Å². The van der Waals surface area contributed by atoms with Gasteiger partial charge in [-0.25, -0.2) is 9.80 Å². The number of carbonyl (C=O) groups is 4. The minimum atomic E-state index is -0.507. The third-order valence-electron chi connectivity index (χ3n) is 19.0. The Kier molecular flexibility index (Phi) is 16.0. The molecule has 11 aromatic carbocycles. The van der Waals surface area contributed by atoms with Crippen molar-refractivity contribution < 1.29 is 33.4 Å². The molecule has 10 heteroatoms. The van der Waals surface area contributed by atoms with Crippen LogP contribution in [0, 0.1) is 0 Å². The number of nitrogens with zero attached hydrogens (tertiary/aromatic N) is 2. The van der Waals surface area contributed by atoms with Gasteiger partial charge in [0.1, 0.15) is 34.5 Å². The molecule has 10 nitrogen and oxygen atoms in total. The first-order valence-corrected chi connectivity index (χ1v) is 33.2. The predicted octanol–water partition coefficient (Wildman–Crippen LogP) is 22.9. The third-order valence-corrected chi connectivity index (χ3v) is 19.0. The molecular weight excluding hydrogens is 1150 g/mol. The van der Waals surface area contributed by atoms with Gasteiger partial charge in [0.2, 0.25) is 0 Å². The molecule has 0 saturated heterocycles. The maximum atomic E-state index is 16.6. The van der Waals surface area contributed by atoms with Crippen LogP contribution in [0.3, 0.4) is 0 Å². The van der Waals surface area contributed by atoms with Crippen LogP contribution in [0.5, 0.6) is 34.5 Å². The summed E-state index contributed by atoms with van der Waals surface area (Å²) in [6, 6.07) is 51.4. The van der Waals surface area contributed by atoms with Gasteiger partial charge in [0.15, 0.2) is 0 Å². The molecule has 2 aliphatic rings. The number of hydrogen-bond acceptors (Lipinski definition) is 8. The summed E-state index contributed by atoms with van der Waals surface area (Å²) in [7, 11) is 0. The zero-order valence-corrected chi connectivity index (χ0v) is 56.0. The molecule has 2 aliphatic heterocycles. The lowest BCUT2D eigenvalue weighted by Crippen LogP contribution is -2.42. The van der Waals surface area contributed by atoms with Gasteiger partial charge in [0.05, 0.1) is 33.6 Å². The van der Waals surface area contributed by atoms with Crippen LogP contribution in [-0.4, -0.2) is 23.6 Å². The highest BCUT2D eigenvalue weighted by Crippen LogP contribution is 2.59. The molecule has 0 fully saturated rings. The second kappa shape index (κ2) is 24.0. The average molecular weight is 1230 g/mol. The summed E-state index contributed by atoms with van der Waals surface area (Å²) >= 11 is 0. The van der Waals surface area contributed by atoms with Crippen molar-refractivity contribution in [3.8, 4) is 34.5 Å². The summed E-state index contributed by atoms with van der Waals surface area (Å²) in [5, 5.41) is 7.93. The van der Waals surface area contributed by atoms with E-state index < -0.39 is 23.6 Å². The number of para-hydroxylation sites is 6. The zero-order valence-electron chi connectivity index (χ0n) is 56.0. The standard InChI is InChI=1S/C83H81N3O7/c1-16-50-27-25-32-55(47(10)11)78(50)85-80(87)58-39-63(84-62-35-21-17-28-51(62)43(2)3)72-73-67(91-64-36-22-18-29-52(64)44(4)5)40-60-71-61(83(90)86(82(60)89)79-56(48(12)13)33-26-34-57(79)49(14)15)42-69(93-66-38-24-20-31-54(66)46(8)9)75(77(71)73)74-68(41-59(81(85)88)70(58)76(72)74)92-65-37-23-19-30-53(65)45(6)7/h17-49,84H,16H2,1-15H3. The molecule has 0 bridgehead atoms. The highest BCUT2D eigenvalue weighted by molar-refractivity contribution is 6.49. The normalized spacial score (nSPS) is 13.4. The van der Waals surface area contributed by atoms with Crippen LogP contribution in [0.4, 0.5) is 22.7 Å². The van der Waals surface area contributed by atoms with E-state index in [0.29, 0.717) is 107 Å². The third kappa shape index (κ3) is 10.2. The van der Waals surface area contributed by atoms with Gasteiger partial charge in [-0.3, -0.25) is 19.2 Å². The van der Waals surface area contributed by atoms with E-state index in [9.17, 15) is 0 Å². The van der Waals surface area contributed by atoms with Gasteiger partial charge in [-0.05, 0) is 141 Å². The number of benzene rings is 11. The molecule has 4 amide bonds. The quantitative estimate of drug-likeness (QED) is 0.0513. The highest BCUT2D eigenvalue weighted by atomic mass is 16.5. The minimum absolute atomic E-state index is 0.00576. The van der Waals surface area contributed by atoms with Gasteiger partial charge in [0, 0.05) is 54.5 Å². The number of nitrogens with one attached hydrogen (secondary N) is 1. The van der Waals surface area contributed by atoms with E-state index >= 15 is 19.2 Å². The van der Waals surface area contributed by atoms with Crippen molar-refractivity contribution in [2.75, 3.05) is 15.1 Å². The molecule has 13 rings (SSSR count). The number of carbonyl (C=O) groups excluding carboxylic acids is 4. The molecule has 0 unspecified atom stereocenters. The van der Waals surface area contributed by atoms with E-state index in [4.69, 9.17) is 14.2 Å². The average Bonchev–Trinajstić information content (AvgIpc) is 0.670. The summed E-state index contributed by atoms with van der Waals surface area (Å²) in [6.45, 7) is 31.6. The van der Waals surface area contributed by atoms with Crippen molar-refractivity contribution in [3.05, 3.63) is 224 Å². The summed E-state index contributed by atoms with van der Waals surface area (Å²) < 4.78 is 22.8. The molecule has 0 aromatic heterocycles. The van der Waals surface area contributed by atoms with Crippen LogP contribution in [0.2, 0.25) is 0 Å². The van der Waals surface area contributed by atoms with Crippen LogP contribution in [0.1, 0.15) is 231 Å². The van der Waals surface area contributed by atoms with Crippen LogP contribution in [0.25, 0.3) is 43.1 Å². The molecule has 0 aliphatic carbocycles. The van der Waals surface area contributed by atoms with Crippen LogP contribution >= 0.6 is 0 Å². The Bertz CT molecular complexity index is 4630. The number of amides is 4. The lowest BCUT2D eigenvalue weighted by molar-refractivity contribution is 0.0877. The molecule has 0 saturated carbocycles. The van der Waals surface area contributed by atoms with E-state index in [1.165, 1.54) is 9.80 Å². The maximum absolute atomic E-state index is 16.6. The van der Waals surface area contributed by atoms with Crippen molar-refractivity contribution in [3.63, 3.8) is 0 Å². The number of imide groups is 2. The SMILES string of the molecule is CCc1cccc(C(C)C)c1N1C(=O)c2cc(Nc3ccccc3C(C)C)c3c4c(Oc5ccccc5C(C)C)cc5c6c(cc(Oc7ccccc7C(C)C)c(c7c(Oc8ccccc8C(C)C)cc(c2c37)C1=O)c64)C(=O)N(c1c(C(C)C)cccc1C(C)C)C5=O. The number of ether oxygens (including phenoxy) is 3. The Morgan fingerprint density at radius 2 is 0.613 bits per heavy atom. The van der Waals surface area contributed by atoms with Gasteiger partial charge in [-0.15, -0.1) is 0 Å². The second-order valence-corrected chi connectivity index (χ2v) is 27.3. The first-order chi connectivity index (χ1) is 44.6. The van der Waals surface area contributed by atoms with E-state index in [-0.39, 0.29) is 58.1 Å². The largest absolute Gasteiger partial charge is 0.456 e. The monoisotopic (exact) mass is 1230 g/mol. The predicted molar refractivity (Wildman–Crippen MR) is 380 cm³/mol. The Hall–Kier alpha value is -9.80. The Labute approximate surface area is 545 Å². The van der Waals surface area contributed by atoms with Crippen molar-refractivity contribution in [1.29, 1.82) is 0 Å². The fourth-order valence-corrected chi connectivity index (χ4v) is 14.5. The number of aryl methyl sites for hydroxylation is 1. The van der Waals surface area contributed by atoms with Gasteiger partial charge < -0.3 is 19.5 Å². The lowest BCUT2D eigenvalue weighted by atomic mass is 9.79. The maximum Gasteiger partial charge on any atom is 0.266 e. The van der Waals surface area contributed by atoms with Crippen molar-refractivity contribution in [2.45, 2.75) is 152 Å². The molecule has 0 atom stereocenters. The molecule has 93 heavy (non-hydrogen) atoms. The van der Waals surface area contributed by atoms with Crippen molar-refractivity contribution in [1.82, 2.24) is 0 Å². The lowest BCUT2D eigenvalue weighted by Gasteiger charge is -2.35. The molecule has 1 N–H and O–H groups in total. The Morgan fingerprint density at radius 3 is 1.01 bits per heavy atom. The second-order valence-electron chi connectivity index (χ2n) is 27.3. The van der Waals surface area contributed by atoms with Crippen molar-refractivity contribution >= 4 is 89.5 Å². The van der Waals surface area contributed by atoms with Crippen LogP contribution in [-0.2, 0) is 6.42 Å². The van der Waals surface area contributed by atoms with Crippen molar-refractivity contribution in [2.24, 2.45) is 0 Å². The fourth-order valence-electron chi connectivity index (χ4n) is 14.5. The fraction of sp³-hybridized carbons (Fsp3) is 0.277. The smallest absolute Gasteiger partial charge is 0.266 e. The van der Waals surface area contributed by atoms with Gasteiger partial charge >= 0.3 is 0 Å². The number of hydrogen-bond donors (Lipinski definition) is 1. The molecule has 11 aromatic rings. The number of rotatable bonds is 18. The van der Waals surface area contributed by atoms with Gasteiger partial charge in [-0.1, -0.05) is 213 Å². The topological polar surface area (TPSA) is 114 Å². The summed E-state index contributed by atoms with van der Waals surface area (Å²) in [4.78, 5) is 69.0. The van der Waals surface area contributed by atoms with E-state index in [2.05, 4.69) is 127 Å². The summed E-state index contributed by atoms with van der Waals surface area (Å²) in [5.74, 6) is 0.508. The highest BCUT2D eigenvalue weighted by Gasteiger charge is 2.44. The molecular formula is C83H81N3O7. The molecule has 0 spiro atoms. The first-order valence-electron chi connectivity index (χ1n) is 33.2. The first kappa shape index (κ1) is 62.0. The summed E-state index contributed by atoms with van der Waals surface area (Å²) in [6.07, 6.45) is 0.564. The Balaban J connectivity index is 1.31. The number of anilines is 4. The molecule has 2 heterocycles. The van der Waals surface area contributed by atoms with Crippen LogP contribution < -0.4 is 29.3 Å². The van der Waals surface area contributed by atoms with Gasteiger partial charge in [-0.2, -0.15) is 0 Å². The zero-order chi connectivity index (χ0) is 65.7. The van der Waals surface area contributed by atoms with Gasteiger partial charge in [0.25, 0.3) is 23.6 Å². The molecule has 470 valence electrons.